The van der Waals surface area contributed by atoms with Gasteiger partial charge in [-0.25, -0.2) is 9.48 Å². The number of urea groups is 1. The monoisotopic (exact) mass is 253 g/mol. The smallest absolute Gasteiger partial charge is 0.321 e. The van der Waals surface area contributed by atoms with Gasteiger partial charge in [-0.1, -0.05) is 12.8 Å². The summed E-state index contributed by atoms with van der Waals surface area (Å²) in [6.07, 6.45) is 5.47. The highest BCUT2D eigenvalue weighted by Crippen LogP contribution is 2.23. The molecular weight excluding hydrogens is 234 g/mol. The fourth-order valence-corrected chi connectivity index (χ4v) is 2.33. The molecule has 7 nitrogen and oxygen atoms in total. The number of nitrogens with zero attached hydrogens (tertiary/aromatic N) is 3. The molecule has 2 atom stereocenters. The molecule has 0 bridgehead atoms. The molecule has 1 heterocycles. The zero-order valence-corrected chi connectivity index (χ0v) is 10.5. The Bertz CT molecular complexity index is 406. The van der Waals surface area contributed by atoms with Crippen molar-refractivity contribution in [2.24, 2.45) is 13.0 Å². The van der Waals surface area contributed by atoms with E-state index in [1.54, 1.807) is 7.05 Å². The average molecular weight is 253 g/mol. The Kier molecular flexibility index (Phi) is 4.14. The maximum absolute atomic E-state index is 11.8. The van der Waals surface area contributed by atoms with Crippen molar-refractivity contribution in [2.75, 3.05) is 11.9 Å². The van der Waals surface area contributed by atoms with Crippen LogP contribution in [-0.4, -0.2) is 38.6 Å². The normalized spacial score (nSPS) is 23.7. The van der Waals surface area contributed by atoms with Crippen molar-refractivity contribution in [3.05, 3.63) is 6.33 Å². The molecule has 0 unspecified atom stereocenters. The Morgan fingerprint density at radius 2 is 2.33 bits per heavy atom. The largest absolute Gasteiger partial charge is 0.396 e. The summed E-state index contributed by atoms with van der Waals surface area (Å²) in [4.78, 5) is 15.7. The number of rotatable bonds is 3. The van der Waals surface area contributed by atoms with Crippen molar-refractivity contribution < 1.29 is 9.90 Å². The summed E-state index contributed by atoms with van der Waals surface area (Å²) in [5, 5.41) is 18.7. The highest BCUT2D eigenvalue weighted by molar-refractivity contribution is 5.87. The minimum atomic E-state index is -0.295. The number of hydrogen-bond donors (Lipinski definition) is 3. The molecule has 1 aliphatic carbocycles. The van der Waals surface area contributed by atoms with Crippen LogP contribution in [0.15, 0.2) is 6.33 Å². The predicted molar refractivity (Wildman–Crippen MR) is 66.0 cm³/mol. The predicted octanol–water partition coefficient (Wildman–Crippen LogP) is 0.488. The van der Waals surface area contributed by atoms with Gasteiger partial charge in [-0.05, 0) is 12.8 Å². The topological polar surface area (TPSA) is 92.1 Å². The van der Waals surface area contributed by atoms with E-state index in [9.17, 15) is 9.90 Å². The van der Waals surface area contributed by atoms with Gasteiger partial charge in [0.05, 0.1) is 0 Å². The molecule has 100 valence electrons. The van der Waals surface area contributed by atoms with Crippen LogP contribution >= 0.6 is 0 Å². The van der Waals surface area contributed by atoms with Crippen LogP contribution in [0.5, 0.6) is 0 Å². The number of carbonyl (C=O) groups excluding carboxylic acids is 1. The number of aliphatic hydroxyl groups excluding tert-OH is 1. The molecule has 0 saturated heterocycles. The van der Waals surface area contributed by atoms with Gasteiger partial charge < -0.3 is 10.4 Å². The summed E-state index contributed by atoms with van der Waals surface area (Å²) in [5.41, 5.74) is 0. The summed E-state index contributed by atoms with van der Waals surface area (Å²) in [6.45, 7) is 0.120. The number of nitrogens with one attached hydrogen (secondary N) is 2. The zero-order valence-electron chi connectivity index (χ0n) is 10.5. The number of aliphatic hydroxyl groups is 1. The molecule has 1 aromatic rings. The third-order valence-electron chi connectivity index (χ3n) is 3.40. The Morgan fingerprint density at radius 1 is 1.56 bits per heavy atom. The van der Waals surface area contributed by atoms with E-state index >= 15 is 0 Å². The van der Waals surface area contributed by atoms with Crippen molar-refractivity contribution in [1.82, 2.24) is 20.1 Å². The Balaban J connectivity index is 1.88. The van der Waals surface area contributed by atoms with Crippen molar-refractivity contribution in [2.45, 2.75) is 31.7 Å². The van der Waals surface area contributed by atoms with Crippen molar-refractivity contribution in [1.29, 1.82) is 0 Å². The maximum Gasteiger partial charge on any atom is 0.321 e. The molecule has 1 saturated carbocycles. The molecule has 0 aliphatic heterocycles. The van der Waals surface area contributed by atoms with Gasteiger partial charge in [0.25, 0.3) is 0 Å². The second-order valence-corrected chi connectivity index (χ2v) is 4.64. The van der Waals surface area contributed by atoms with Gasteiger partial charge in [0.1, 0.15) is 6.33 Å². The van der Waals surface area contributed by atoms with E-state index in [2.05, 4.69) is 20.7 Å². The lowest BCUT2D eigenvalue weighted by atomic mass is 9.85. The van der Waals surface area contributed by atoms with E-state index in [0.717, 1.165) is 25.7 Å². The third-order valence-corrected chi connectivity index (χ3v) is 3.40. The first-order valence-corrected chi connectivity index (χ1v) is 6.23. The number of hydrogen-bond acceptors (Lipinski definition) is 4. The Labute approximate surface area is 106 Å². The second kappa shape index (κ2) is 5.81. The molecule has 0 aromatic carbocycles. The molecule has 3 N–H and O–H groups in total. The molecule has 1 aromatic heterocycles. The van der Waals surface area contributed by atoms with Gasteiger partial charge in [-0.15, -0.1) is 0 Å². The number of amides is 2. The zero-order chi connectivity index (χ0) is 13.0. The fourth-order valence-electron chi connectivity index (χ4n) is 2.33. The summed E-state index contributed by atoms with van der Waals surface area (Å²) in [6, 6.07) is -0.256. The SMILES string of the molecule is Cn1ncnc1NC(=O)N[C@H]1CCCC[C@@H]1CO. The molecule has 1 fully saturated rings. The van der Waals surface area contributed by atoms with Crippen LogP contribution in [0, 0.1) is 5.92 Å². The van der Waals surface area contributed by atoms with Gasteiger partial charge in [-0.3, -0.25) is 5.32 Å². The number of carbonyl (C=O) groups is 1. The van der Waals surface area contributed by atoms with E-state index in [0.29, 0.717) is 5.95 Å². The molecule has 0 spiro atoms. The molecule has 0 radical (unpaired) electrons. The molecular formula is C11H19N5O2. The van der Waals surface area contributed by atoms with Gasteiger partial charge >= 0.3 is 6.03 Å². The lowest BCUT2D eigenvalue weighted by Gasteiger charge is -2.30. The van der Waals surface area contributed by atoms with E-state index in [1.807, 2.05) is 0 Å². The van der Waals surface area contributed by atoms with Crippen molar-refractivity contribution in [3.8, 4) is 0 Å². The minimum absolute atomic E-state index is 0.0389. The highest BCUT2D eigenvalue weighted by atomic mass is 16.3. The van der Waals surface area contributed by atoms with Crippen molar-refractivity contribution in [3.63, 3.8) is 0 Å². The highest BCUT2D eigenvalue weighted by Gasteiger charge is 2.26. The summed E-state index contributed by atoms with van der Waals surface area (Å²) in [5.74, 6) is 0.563. The van der Waals surface area contributed by atoms with Crippen molar-refractivity contribution >= 4 is 12.0 Å². The van der Waals surface area contributed by atoms with Gasteiger partial charge in [0.2, 0.25) is 5.95 Å². The first-order valence-electron chi connectivity index (χ1n) is 6.23. The number of aromatic nitrogens is 3. The third kappa shape index (κ3) is 2.98. The lowest BCUT2D eigenvalue weighted by molar-refractivity contribution is 0.156. The summed E-state index contributed by atoms with van der Waals surface area (Å²) < 4.78 is 1.49. The number of anilines is 1. The Hall–Kier alpha value is -1.63. The van der Waals surface area contributed by atoms with E-state index in [-0.39, 0.29) is 24.6 Å². The standard InChI is InChI=1S/C11H19N5O2/c1-16-10(12-7-13-16)15-11(18)14-9-5-3-2-4-8(9)6-17/h7-9,17H,2-6H2,1H3,(H2,12,13,14,15,18)/t8-,9+/m1/s1. The molecule has 18 heavy (non-hydrogen) atoms. The molecule has 2 rings (SSSR count). The molecule has 1 aliphatic rings. The molecule has 2 amide bonds. The first kappa shape index (κ1) is 12.8. The first-order chi connectivity index (χ1) is 8.70. The van der Waals surface area contributed by atoms with Gasteiger partial charge in [0, 0.05) is 25.6 Å². The second-order valence-electron chi connectivity index (χ2n) is 4.64. The van der Waals surface area contributed by atoms with Crippen LogP contribution in [0.25, 0.3) is 0 Å². The van der Waals surface area contributed by atoms with Crippen LogP contribution in [-0.2, 0) is 7.05 Å². The van der Waals surface area contributed by atoms with E-state index in [4.69, 9.17) is 0 Å². The quantitative estimate of drug-likeness (QED) is 0.731. The maximum atomic E-state index is 11.8. The number of aryl methyl sites for hydroxylation is 1. The van der Waals surface area contributed by atoms with Crippen LogP contribution in [0.3, 0.4) is 0 Å². The van der Waals surface area contributed by atoms with Gasteiger partial charge in [0.15, 0.2) is 0 Å². The van der Waals surface area contributed by atoms with E-state index in [1.165, 1.54) is 11.0 Å². The summed E-state index contributed by atoms with van der Waals surface area (Å²) >= 11 is 0. The average Bonchev–Trinajstić information content (AvgIpc) is 2.75. The van der Waals surface area contributed by atoms with E-state index < -0.39 is 0 Å². The van der Waals surface area contributed by atoms with Crippen LogP contribution in [0.2, 0.25) is 0 Å². The Morgan fingerprint density at radius 3 is 3.00 bits per heavy atom. The summed E-state index contributed by atoms with van der Waals surface area (Å²) in [7, 11) is 1.71. The minimum Gasteiger partial charge on any atom is -0.396 e. The van der Waals surface area contributed by atoms with Crippen LogP contribution in [0.4, 0.5) is 10.7 Å². The fraction of sp³-hybridized carbons (Fsp3) is 0.727. The van der Waals surface area contributed by atoms with Crippen LogP contribution in [0.1, 0.15) is 25.7 Å². The molecule has 7 heteroatoms. The van der Waals surface area contributed by atoms with Gasteiger partial charge in [-0.2, -0.15) is 10.1 Å². The lowest BCUT2D eigenvalue weighted by Crippen LogP contribution is -2.45. The van der Waals surface area contributed by atoms with Crippen LogP contribution < -0.4 is 10.6 Å².